The highest BCUT2D eigenvalue weighted by Crippen LogP contribution is 2.29. The lowest BCUT2D eigenvalue weighted by Crippen LogP contribution is -2.23. The molecule has 0 radical (unpaired) electrons. The Bertz CT molecular complexity index is 800. The molecule has 1 atom stereocenters. The van der Waals surface area contributed by atoms with Gasteiger partial charge < -0.3 is 10.2 Å². The second-order valence-electron chi connectivity index (χ2n) is 5.12. The monoisotopic (exact) mass is 315 g/mol. The third-order valence-electron chi connectivity index (χ3n) is 3.51. The minimum Gasteiger partial charge on any atom is -0.506 e. The van der Waals surface area contributed by atoms with Crippen LogP contribution in [0.3, 0.4) is 0 Å². The van der Waals surface area contributed by atoms with Crippen LogP contribution in [0.15, 0.2) is 54.7 Å². The van der Waals surface area contributed by atoms with Gasteiger partial charge in [-0.05, 0) is 24.6 Å². The van der Waals surface area contributed by atoms with Gasteiger partial charge in [0.15, 0.2) is 0 Å². The predicted molar refractivity (Wildman–Crippen MR) is 83.1 cm³/mol. The molecule has 0 fully saturated rings. The van der Waals surface area contributed by atoms with Crippen molar-refractivity contribution in [2.24, 2.45) is 0 Å². The molecule has 1 unspecified atom stereocenters. The van der Waals surface area contributed by atoms with E-state index >= 15 is 0 Å². The number of phenolic OH excluding ortho intramolecular Hbond substituents is 1. The van der Waals surface area contributed by atoms with Crippen molar-refractivity contribution in [3.63, 3.8) is 0 Å². The van der Waals surface area contributed by atoms with Gasteiger partial charge in [0.25, 0.3) is 0 Å². The molecule has 0 saturated carbocycles. The van der Waals surface area contributed by atoms with Crippen LogP contribution in [-0.2, 0) is 5.60 Å². The van der Waals surface area contributed by atoms with E-state index in [1.807, 2.05) is 30.3 Å². The second kappa shape index (κ2) is 5.44. The molecule has 1 heterocycles. The van der Waals surface area contributed by atoms with Crippen LogP contribution >= 0.6 is 11.6 Å². The molecule has 22 heavy (non-hydrogen) atoms. The molecule has 3 aromatic rings. The Kier molecular flexibility index (Phi) is 3.60. The number of benzene rings is 2. The van der Waals surface area contributed by atoms with E-state index in [-0.39, 0.29) is 5.75 Å². The summed E-state index contributed by atoms with van der Waals surface area (Å²) in [6.45, 7) is 1.65. The molecule has 2 N–H and O–H groups in total. The maximum Gasteiger partial charge on any atom is 0.142 e. The Balaban J connectivity index is 2.00. The van der Waals surface area contributed by atoms with Gasteiger partial charge >= 0.3 is 0 Å². The molecule has 0 aliphatic rings. The van der Waals surface area contributed by atoms with Crippen LogP contribution in [0, 0.1) is 0 Å². The highest BCUT2D eigenvalue weighted by atomic mass is 35.5. The minimum atomic E-state index is -1.28. The van der Waals surface area contributed by atoms with E-state index in [1.165, 1.54) is 10.7 Å². The average Bonchev–Trinajstić information content (AvgIpc) is 2.98. The molecule has 0 aliphatic heterocycles. The molecule has 3 rings (SSSR count). The summed E-state index contributed by atoms with van der Waals surface area (Å²) >= 11 is 5.82. The van der Waals surface area contributed by atoms with E-state index < -0.39 is 5.60 Å². The van der Waals surface area contributed by atoms with Crippen LogP contribution in [0.4, 0.5) is 0 Å². The lowest BCUT2D eigenvalue weighted by molar-refractivity contribution is 0.0973. The van der Waals surface area contributed by atoms with E-state index in [1.54, 1.807) is 25.3 Å². The van der Waals surface area contributed by atoms with Crippen molar-refractivity contribution in [1.29, 1.82) is 0 Å². The average molecular weight is 316 g/mol. The van der Waals surface area contributed by atoms with Gasteiger partial charge in [-0.1, -0.05) is 47.1 Å². The van der Waals surface area contributed by atoms with Crippen molar-refractivity contribution in [2.75, 3.05) is 0 Å². The first-order valence-corrected chi connectivity index (χ1v) is 7.06. The Morgan fingerprint density at radius 2 is 1.86 bits per heavy atom. The molecule has 2 aromatic carbocycles. The zero-order chi connectivity index (χ0) is 15.7. The fraction of sp³-hybridized carbons (Fsp3) is 0.125. The van der Waals surface area contributed by atoms with Gasteiger partial charge in [0.2, 0.25) is 0 Å². The van der Waals surface area contributed by atoms with E-state index in [2.05, 4.69) is 10.3 Å². The summed E-state index contributed by atoms with van der Waals surface area (Å²) in [5.74, 6) is -0.0108. The first-order chi connectivity index (χ1) is 10.5. The first kappa shape index (κ1) is 14.6. The number of phenols is 1. The molecule has 6 heteroatoms. The maximum atomic E-state index is 10.7. The molecule has 112 valence electrons. The molecule has 0 saturated heterocycles. The standard InChI is InChI=1S/C16H14ClN3O2/c1-16(22,11-5-3-2-4-6-11)15-10-20(19-18-15)13-8-7-12(17)9-14(13)21/h2-10,21-22H,1H3. The summed E-state index contributed by atoms with van der Waals surface area (Å²) in [6.07, 6.45) is 1.58. The van der Waals surface area contributed by atoms with Gasteiger partial charge in [0, 0.05) is 11.1 Å². The predicted octanol–water partition coefficient (Wildman–Crippen LogP) is 2.88. The van der Waals surface area contributed by atoms with Crippen molar-refractivity contribution in [2.45, 2.75) is 12.5 Å². The van der Waals surface area contributed by atoms with E-state index in [0.717, 1.165) is 0 Å². The van der Waals surface area contributed by atoms with Crippen LogP contribution in [-0.4, -0.2) is 25.2 Å². The Hall–Kier alpha value is -2.37. The highest BCUT2D eigenvalue weighted by Gasteiger charge is 2.29. The van der Waals surface area contributed by atoms with Crippen LogP contribution < -0.4 is 0 Å². The number of halogens is 1. The van der Waals surface area contributed by atoms with Gasteiger partial charge in [-0.15, -0.1) is 5.10 Å². The Morgan fingerprint density at radius 1 is 1.14 bits per heavy atom. The zero-order valence-corrected chi connectivity index (χ0v) is 12.6. The third kappa shape index (κ3) is 2.56. The molecule has 0 amide bonds. The van der Waals surface area contributed by atoms with Crippen molar-refractivity contribution in [1.82, 2.24) is 15.0 Å². The fourth-order valence-corrected chi connectivity index (χ4v) is 2.37. The molecule has 0 bridgehead atoms. The van der Waals surface area contributed by atoms with Crippen molar-refractivity contribution < 1.29 is 10.2 Å². The van der Waals surface area contributed by atoms with Gasteiger partial charge in [0.1, 0.15) is 22.7 Å². The van der Waals surface area contributed by atoms with Gasteiger partial charge in [-0.25, -0.2) is 4.68 Å². The summed E-state index contributed by atoms with van der Waals surface area (Å²) < 4.78 is 1.40. The molecular weight excluding hydrogens is 302 g/mol. The number of nitrogens with zero attached hydrogens (tertiary/aromatic N) is 3. The minimum absolute atomic E-state index is 0.0108. The van der Waals surface area contributed by atoms with Crippen molar-refractivity contribution in [3.8, 4) is 11.4 Å². The Labute approximate surface area is 132 Å². The van der Waals surface area contributed by atoms with E-state index in [4.69, 9.17) is 11.6 Å². The molecule has 1 aromatic heterocycles. The molecule has 5 nitrogen and oxygen atoms in total. The second-order valence-corrected chi connectivity index (χ2v) is 5.56. The largest absolute Gasteiger partial charge is 0.506 e. The van der Waals surface area contributed by atoms with Crippen LogP contribution in [0.5, 0.6) is 5.75 Å². The van der Waals surface area contributed by atoms with Gasteiger partial charge in [-0.2, -0.15) is 0 Å². The lowest BCUT2D eigenvalue weighted by atomic mass is 9.93. The Morgan fingerprint density at radius 3 is 2.55 bits per heavy atom. The number of aromatic hydroxyl groups is 1. The molecule has 0 spiro atoms. The smallest absolute Gasteiger partial charge is 0.142 e. The lowest BCUT2D eigenvalue weighted by Gasteiger charge is -2.20. The number of hydrogen-bond acceptors (Lipinski definition) is 4. The van der Waals surface area contributed by atoms with Crippen molar-refractivity contribution >= 4 is 11.6 Å². The number of aromatic nitrogens is 3. The normalized spacial score (nSPS) is 13.8. The summed E-state index contributed by atoms with van der Waals surface area (Å²) in [4.78, 5) is 0. The topological polar surface area (TPSA) is 71.2 Å². The van der Waals surface area contributed by atoms with Gasteiger partial charge in [0.05, 0.1) is 6.20 Å². The van der Waals surface area contributed by atoms with Gasteiger partial charge in [-0.3, -0.25) is 0 Å². The summed E-state index contributed by atoms with van der Waals surface area (Å²) in [5, 5.41) is 29.1. The number of rotatable bonds is 3. The SMILES string of the molecule is CC(O)(c1ccccc1)c1cn(-c2ccc(Cl)cc2O)nn1. The zero-order valence-electron chi connectivity index (χ0n) is 11.8. The molecular formula is C16H14ClN3O2. The summed E-state index contributed by atoms with van der Waals surface area (Å²) in [7, 11) is 0. The third-order valence-corrected chi connectivity index (χ3v) is 3.75. The van der Waals surface area contributed by atoms with Crippen LogP contribution in [0.2, 0.25) is 5.02 Å². The molecule has 0 aliphatic carbocycles. The van der Waals surface area contributed by atoms with E-state index in [0.29, 0.717) is 22.0 Å². The van der Waals surface area contributed by atoms with Crippen LogP contribution in [0.1, 0.15) is 18.2 Å². The van der Waals surface area contributed by atoms with Crippen LogP contribution in [0.25, 0.3) is 5.69 Å². The summed E-state index contributed by atoms with van der Waals surface area (Å²) in [5.41, 5.74) is 0.254. The maximum absolute atomic E-state index is 10.7. The van der Waals surface area contributed by atoms with Crippen molar-refractivity contribution in [3.05, 3.63) is 71.0 Å². The highest BCUT2D eigenvalue weighted by molar-refractivity contribution is 6.30. The quantitative estimate of drug-likeness (QED) is 0.779. The first-order valence-electron chi connectivity index (χ1n) is 6.68. The number of hydrogen-bond donors (Lipinski definition) is 2. The number of aliphatic hydroxyl groups is 1. The fourth-order valence-electron chi connectivity index (χ4n) is 2.21. The van der Waals surface area contributed by atoms with E-state index in [9.17, 15) is 10.2 Å². The summed E-state index contributed by atoms with van der Waals surface area (Å²) in [6, 6.07) is 13.9.